The number of aromatic hydroxyl groups is 3. The van der Waals surface area contributed by atoms with Crippen molar-refractivity contribution in [1.82, 2.24) is 0 Å². The number of carbonyl (C=O) groups is 2. The summed E-state index contributed by atoms with van der Waals surface area (Å²) in [6.07, 6.45) is -9.57. The summed E-state index contributed by atoms with van der Waals surface area (Å²) in [5, 5.41) is 70.9. The molecule has 2 heterocycles. The molecule has 220 valence electrons. The number of carbonyl (C=O) groups excluding carboxylic acids is 1. The molecule has 0 aliphatic carbocycles. The predicted octanol–water partition coefficient (Wildman–Crippen LogP) is 0.719. The number of phenolic OH excluding ortho intramolecular Hbond substituents is 3. The largest absolute Gasteiger partial charge is 0.507 e. The molecule has 1 saturated heterocycles. The number of rotatable bonds is 9. The molecule has 2 aromatic carbocycles. The number of phenols is 3. The summed E-state index contributed by atoms with van der Waals surface area (Å²) in [4.78, 5) is 22.4. The Morgan fingerprint density at radius 1 is 0.902 bits per heavy atom. The van der Waals surface area contributed by atoms with Crippen molar-refractivity contribution in [1.29, 1.82) is 0 Å². The van der Waals surface area contributed by atoms with Gasteiger partial charge in [-0.05, 0) is 0 Å². The van der Waals surface area contributed by atoms with E-state index in [4.69, 9.17) is 33.2 Å². The van der Waals surface area contributed by atoms with Crippen LogP contribution >= 0.6 is 0 Å². The first kappa shape index (κ1) is 29.4. The van der Waals surface area contributed by atoms with Crippen LogP contribution in [0.1, 0.15) is 6.42 Å². The average Bonchev–Trinajstić information content (AvgIpc) is 2.92. The van der Waals surface area contributed by atoms with Crippen LogP contribution in [-0.2, 0) is 19.1 Å². The Bertz CT molecular complexity index is 1430. The van der Waals surface area contributed by atoms with Gasteiger partial charge >= 0.3 is 23.3 Å². The van der Waals surface area contributed by atoms with E-state index in [9.17, 15) is 40.2 Å². The third-order valence-corrected chi connectivity index (χ3v) is 6.17. The Morgan fingerprint density at radius 3 is 2.17 bits per heavy atom. The van der Waals surface area contributed by atoms with E-state index in [1.807, 2.05) is 0 Å². The zero-order chi connectivity index (χ0) is 30.0. The summed E-state index contributed by atoms with van der Waals surface area (Å²) in [7, 11) is 2.59. The molecular formula is C26H27O15+. The molecule has 0 bridgehead atoms. The molecule has 0 spiro atoms. The lowest BCUT2D eigenvalue weighted by molar-refractivity contribution is -0.278. The van der Waals surface area contributed by atoms with Crippen molar-refractivity contribution in [3.63, 3.8) is 0 Å². The van der Waals surface area contributed by atoms with Crippen LogP contribution in [0.4, 0.5) is 0 Å². The van der Waals surface area contributed by atoms with Gasteiger partial charge in [0.2, 0.25) is 17.8 Å². The van der Waals surface area contributed by atoms with Crippen molar-refractivity contribution in [2.24, 2.45) is 0 Å². The van der Waals surface area contributed by atoms with E-state index < -0.39 is 61.4 Å². The second kappa shape index (κ2) is 11.9. The summed E-state index contributed by atoms with van der Waals surface area (Å²) in [5.41, 5.74) is 0.195. The van der Waals surface area contributed by atoms with Crippen LogP contribution in [0.2, 0.25) is 0 Å². The van der Waals surface area contributed by atoms with Crippen LogP contribution in [0.3, 0.4) is 0 Å². The Hall–Kier alpha value is -4.57. The number of carboxylic acid groups (broad SMARTS) is 1. The van der Waals surface area contributed by atoms with Crippen LogP contribution in [0.25, 0.3) is 22.3 Å². The van der Waals surface area contributed by atoms with Gasteiger partial charge < -0.3 is 59.4 Å². The second-order valence-corrected chi connectivity index (χ2v) is 8.93. The van der Waals surface area contributed by atoms with Gasteiger partial charge in [0, 0.05) is 24.3 Å². The molecule has 4 rings (SSSR count). The first-order valence-electron chi connectivity index (χ1n) is 11.9. The number of hydrogen-bond acceptors (Lipinski definition) is 13. The highest BCUT2D eigenvalue weighted by Gasteiger charge is 2.46. The Morgan fingerprint density at radius 2 is 1.56 bits per heavy atom. The number of carboxylic acids is 1. The van der Waals surface area contributed by atoms with Gasteiger partial charge in [0.05, 0.1) is 25.8 Å². The third kappa shape index (κ3) is 6.12. The monoisotopic (exact) mass is 579 g/mol. The molecule has 1 aliphatic rings. The smallest absolute Gasteiger partial charge is 0.402 e. The lowest BCUT2D eigenvalue weighted by Crippen LogP contribution is -2.60. The molecule has 41 heavy (non-hydrogen) atoms. The highest BCUT2D eigenvalue weighted by Crippen LogP contribution is 2.45. The summed E-state index contributed by atoms with van der Waals surface area (Å²) >= 11 is 0. The minimum absolute atomic E-state index is 0.000328. The molecule has 1 aliphatic heterocycles. The number of benzene rings is 2. The van der Waals surface area contributed by atoms with Crippen LogP contribution in [-0.4, -0.2) is 99.2 Å². The molecule has 0 radical (unpaired) electrons. The van der Waals surface area contributed by atoms with Crippen LogP contribution in [0.15, 0.2) is 34.7 Å². The molecule has 15 heteroatoms. The van der Waals surface area contributed by atoms with Crippen LogP contribution in [0.5, 0.6) is 34.5 Å². The highest BCUT2D eigenvalue weighted by atomic mass is 16.7. The molecule has 1 fully saturated rings. The zero-order valence-electron chi connectivity index (χ0n) is 21.6. The number of aliphatic hydroxyl groups is 3. The molecule has 0 saturated carbocycles. The fourth-order valence-electron chi connectivity index (χ4n) is 4.12. The van der Waals surface area contributed by atoms with E-state index in [0.717, 1.165) is 6.07 Å². The van der Waals surface area contributed by atoms with Crippen molar-refractivity contribution >= 4 is 22.9 Å². The number of fused-ring (bicyclic) bond motifs is 1. The maximum absolute atomic E-state index is 11.7. The van der Waals surface area contributed by atoms with Crippen molar-refractivity contribution in [2.45, 2.75) is 37.1 Å². The van der Waals surface area contributed by atoms with Crippen molar-refractivity contribution in [3.8, 4) is 45.8 Å². The summed E-state index contributed by atoms with van der Waals surface area (Å²) in [6.45, 7) is -0.682. The summed E-state index contributed by atoms with van der Waals surface area (Å²) < 4.78 is 32.5. The lowest BCUT2D eigenvalue weighted by atomic mass is 9.99. The second-order valence-electron chi connectivity index (χ2n) is 8.93. The number of ether oxygens (including phenoxy) is 5. The standard InChI is InChI=1S/C26H26O15/c1-36-15-3-10(4-16(37-2)21(15)32)25-17(7-12-13(28)5-11(27)6-14(12)39-25)40-26-24(35)23(34)22(33)18(41-26)9-38-20(31)8-19(29)30/h3-7,18,22-24,26,33-35H,8-9H2,1-2H3,(H3-,27,28,29,30,32)/p+1/t18-,22-,23+,24-,26-/m1/s1. The molecule has 0 unspecified atom stereocenters. The fraction of sp³-hybridized carbons (Fsp3) is 0.346. The number of esters is 1. The van der Waals surface area contributed by atoms with Gasteiger partial charge in [0.25, 0.3) is 0 Å². The molecule has 3 aromatic rings. The van der Waals surface area contributed by atoms with Gasteiger partial charge in [-0.15, -0.1) is 0 Å². The fourth-order valence-corrected chi connectivity index (χ4v) is 4.12. The third-order valence-electron chi connectivity index (χ3n) is 6.17. The van der Waals surface area contributed by atoms with Crippen molar-refractivity contribution in [3.05, 3.63) is 30.3 Å². The molecule has 0 amide bonds. The van der Waals surface area contributed by atoms with Gasteiger partial charge in [-0.2, -0.15) is 0 Å². The quantitative estimate of drug-likeness (QED) is 0.105. The zero-order valence-corrected chi connectivity index (χ0v) is 21.6. The maximum Gasteiger partial charge on any atom is 0.402 e. The summed E-state index contributed by atoms with van der Waals surface area (Å²) in [5.74, 6) is -3.93. The van der Waals surface area contributed by atoms with Gasteiger partial charge in [0.15, 0.2) is 11.5 Å². The van der Waals surface area contributed by atoms with Gasteiger partial charge in [-0.1, -0.05) is 0 Å². The van der Waals surface area contributed by atoms with Gasteiger partial charge in [-0.3, -0.25) is 9.59 Å². The van der Waals surface area contributed by atoms with Crippen molar-refractivity contribution < 1.29 is 73.4 Å². The Balaban J connectivity index is 1.76. The van der Waals surface area contributed by atoms with Crippen LogP contribution in [0, 0.1) is 0 Å². The number of hydrogen-bond donors (Lipinski definition) is 7. The lowest BCUT2D eigenvalue weighted by Gasteiger charge is -2.39. The topological polar surface area (TPSA) is 233 Å². The minimum Gasteiger partial charge on any atom is -0.507 e. The Labute approximate surface area is 230 Å². The molecule has 15 nitrogen and oxygen atoms in total. The maximum atomic E-state index is 11.7. The molecule has 7 N–H and O–H groups in total. The van der Waals surface area contributed by atoms with E-state index in [2.05, 4.69) is 0 Å². The summed E-state index contributed by atoms with van der Waals surface area (Å²) in [6, 6.07) is 6.26. The van der Waals surface area contributed by atoms with E-state index in [-0.39, 0.29) is 51.0 Å². The van der Waals surface area contributed by atoms with E-state index in [0.29, 0.717) is 0 Å². The number of aliphatic hydroxyl groups excluding tert-OH is 3. The first-order valence-corrected chi connectivity index (χ1v) is 11.9. The molecular weight excluding hydrogens is 552 g/mol. The number of methoxy groups -OCH3 is 2. The SMILES string of the molecule is COc1cc(-c2[o+]c3cc(O)cc(O)c3cc2O[C@@H]2O[C@H](COC(=O)CC(=O)O)[C@@H](O)[C@H](O)[C@H]2O)cc(OC)c1O. The normalized spacial score (nSPS) is 22.2. The average molecular weight is 579 g/mol. The molecule has 5 atom stereocenters. The van der Waals surface area contributed by atoms with Crippen LogP contribution < -0.4 is 14.2 Å². The minimum atomic E-state index is -1.85. The Kier molecular flexibility index (Phi) is 8.53. The van der Waals surface area contributed by atoms with E-state index in [1.165, 1.54) is 38.5 Å². The predicted molar refractivity (Wildman–Crippen MR) is 135 cm³/mol. The number of aliphatic carboxylic acids is 1. The first-order chi connectivity index (χ1) is 19.4. The van der Waals surface area contributed by atoms with Crippen molar-refractivity contribution in [2.75, 3.05) is 20.8 Å². The van der Waals surface area contributed by atoms with E-state index in [1.54, 1.807) is 0 Å². The van der Waals surface area contributed by atoms with Gasteiger partial charge in [0.1, 0.15) is 54.3 Å². The van der Waals surface area contributed by atoms with E-state index >= 15 is 0 Å². The highest BCUT2D eigenvalue weighted by molar-refractivity contribution is 5.90. The van der Waals surface area contributed by atoms with Gasteiger partial charge in [-0.25, -0.2) is 4.42 Å². The molecule has 1 aromatic heterocycles.